The largest absolute Gasteiger partial charge is 0.497 e. The highest BCUT2D eigenvalue weighted by atomic mass is 79.9. The third-order valence-electron chi connectivity index (χ3n) is 2.95. The molecule has 0 saturated heterocycles. The Morgan fingerprint density at radius 2 is 1.65 bits per heavy atom. The fraction of sp³-hybridized carbons (Fsp3) is 0.188. The van der Waals surface area contributed by atoms with E-state index in [1.165, 1.54) is 0 Å². The molecule has 2 aromatic carbocycles. The van der Waals surface area contributed by atoms with Crippen LogP contribution in [0.15, 0.2) is 53.0 Å². The van der Waals surface area contributed by atoms with Crippen molar-refractivity contribution in [2.45, 2.75) is 13.0 Å². The lowest BCUT2D eigenvalue weighted by molar-refractivity contribution is 0.220. The molecule has 0 amide bonds. The van der Waals surface area contributed by atoms with Crippen LogP contribution in [0, 0.1) is 0 Å². The number of hydrogen-bond donors (Lipinski definition) is 0. The molecular weight excluding hydrogens is 336 g/mol. The van der Waals surface area contributed by atoms with Crippen molar-refractivity contribution < 1.29 is 9.47 Å². The summed E-state index contributed by atoms with van der Waals surface area (Å²) in [5.41, 5.74) is 1.97. The smallest absolute Gasteiger partial charge is 0.191 e. The van der Waals surface area contributed by atoms with Crippen molar-refractivity contribution in [2.75, 3.05) is 7.11 Å². The van der Waals surface area contributed by atoms with E-state index in [1.807, 2.05) is 55.5 Å². The van der Waals surface area contributed by atoms with Crippen molar-refractivity contribution in [2.24, 2.45) is 0 Å². The van der Waals surface area contributed by atoms with E-state index in [9.17, 15) is 0 Å². The topological polar surface area (TPSA) is 18.5 Å². The van der Waals surface area contributed by atoms with Gasteiger partial charge >= 0.3 is 0 Å². The van der Waals surface area contributed by atoms with Crippen LogP contribution >= 0.6 is 28.1 Å². The molecule has 104 valence electrons. The van der Waals surface area contributed by atoms with E-state index < -0.39 is 0 Å². The van der Waals surface area contributed by atoms with Crippen LogP contribution in [0.5, 0.6) is 5.75 Å². The second-order valence-corrected chi connectivity index (χ2v) is 5.61. The zero-order chi connectivity index (χ0) is 14.5. The van der Waals surface area contributed by atoms with Gasteiger partial charge in [-0.1, -0.05) is 28.1 Å². The number of hydrogen-bond acceptors (Lipinski definition) is 3. The van der Waals surface area contributed by atoms with Gasteiger partial charge in [0.1, 0.15) is 11.9 Å². The molecule has 20 heavy (non-hydrogen) atoms. The summed E-state index contributed by atoms with van der Waals surface area (Å²) in [6, 6.07) is 15.6. The van der Waals surface area contributed by atoms with Crippen molar-refractivity contribution in [1.29, 1.82) is 0 Å². The lowest BCUT2D eigenvalue weighted by Gasteiger charge is -2.16. The van der Waals surface area contributed by atoms with Crippen LogP contribution in [0.1, 0.15) is 24.2 Å². The van der Waals surface area contributed by atoms with E-state index in [2.05, 4.69) is 15.9 Å². The van der Waals surface area contributed by atoms with E-state index in [1.54, 1.807) is 7.11 Å². The lowest BCUT2D eigenvalue weighted by atomic mass is 10.1. The van der Waals surface area contributed by atoms with Crippen molar-refractivity contribution in [1.82, 2.24) is 0 Å². The molecule has 1 atom stereocenters. The highest BCUT2D eigenvalue weighted by molar-refractivity contribution is 9.10. The molecular formula is C16H15BrO2S. The molecule has 0 aliphatic rings. The van der Waals surface area contributed by atoms with E-state index in [4.69, 9.17) is 21.7 Å². The predicted octanol–water partition coefficient (Wildman–Crippen LogP) is 4.91. The molecule has 4 heteroatoms. The molecule has 0 aromatic heterocycles. The molecule has 2 nitrogen and oxygen atoms in total. The van der Waals surface area contributed by atoms with Gasteiger partial charge in [-0.05, 0) is 61.1 Å². The Morgan fingerprint density at radius 3 is 2.20 bits per heavy atom. The molecule has 0 spiro atoms. The summed E-state index contributed by atoms with van der Waals surface area (Å²) in [5.74, 6) is 0.803. The van der Waals surface area contributed by atoms with Gasteiger partial charge in [0.2, 0.25) is 0 Å². The molecule has 0 aliphatic heterocycles. The van der Waals surface area contributed by atoms with Gasteiger partial charge in [-0.15, -0.1) is 0 Å². The molecule has 0 heterocycles. The summed E-state index contributed by atoms with van der Waals surface area (Å²) in [6.45, 7) is 1.99. The van der Waals surface area contributed by atoms with Crippen LogP contribution in [-0.2, 0) is 4.74 Å². The number of rotatable bonds is 4. The maximum absolute atomic E-state index is 5.81. The minimum atomic E-state index is -0.0855. The normalized spacial score (nSPS) is 11.8. The number of methoxy groups -OCH3 is 1. The molecule has 2 rings (SSSR count). The first kappa shape index (κ1) is 15.0. The Balaban J connectivity index is 2.04. The molecule has 1 unspecified atom stereocenters. The summed E-state index contributed by atoms with van der Waals surface area (Å²) >= 11 is 8.75. The van der Waals surface area contributed by atoms with Crippen molar-refractivity contribution in [3.05, 3.63) is 64.1 Å². The van der Waals surface area contributed by atoms with E-state index in [-0.39, 0.29) is 6.10 Å². The maximum atomic E-state index is 5.81. The Hall–Kier alpha value is -1.39. The quantitative estimate of drug-likeness (QED) is 0.729. The highest BCUT2D eigenvalue weighted by Gasteiger charge is 2.10. The first-order valence-corrected chi connectivity index (χ1v) is 7.41. The van der Waals surface area contributed by atoms with Crippen LogP contribution in [0.4, 0.5) is 0 Å². The fourth-order valence-corrected chi connectivity index (χ4v) is 2.30. The Bertz CT molecular complexity index is 578. The Morgan fingerprint density at radius 1 is 1.05 bits per heavy atom. The van der Waals surface area contributed by atoms with Gasteiger partial charge < -0.3 is 9.47 Å². The van der Waals surface area contributed by atoms with Crippen molar-refractivity contribution >= 4 is 33.2 Å². The summed E-state index contributed by atoms with van der Waals surface area (Å²) in [5, 5.41) is 0.489. The van der Waals surface area contributed by atoms with Crippen LogP contribution in [-0.4, -0.2) is 12.2 Å². The van der Waals surface area contributed by atoms with Crippen molar-refractivity contribution in [3.63, 3.8) is 0 Å². The summed E-state index contributed by atoms with van der Waals surface area (Å²) in [6.07, 6.45) is -0.0855. The summed E-state index contributed by atoms with van der Waals surface area (Å²) in [4.78, 5) is 0. The molecule has 0 radical (unpaired) electrons. The maximum Gasteiger partial charge on any atom is 0.191 e. The van der Waals surface area contributed by atoms with Gasteiger partial charge in [0.25, 0.3) is 0 Å². The van der Waals surface area contributed by atoms with Gasteiger partial charge in [-0.3, -0.25) is 0 Å². The molecule has 0 N–H and O–H groups in total. The first-order valence-electron chi connectivity index (χ1n) is 6.20. The van der Waals surface area contributed by atoms with Crippen molar-refractivity contribution in [3.8, 4) is 5.75 Å². The van der Waals surface area contributed by atoms with Gasteiger partial charge in [0.15, 0.2) is 5.05 Å². The van der Waals surface area contributed by atoms with Gasteiger partial charge in [0.05, 0.1) is 7.11 Å². The standard InChI is InChI=1S/C16H15BrO2S/c1-11(12-3-7-14(17)8-4-12)19-16(20)13-5-9-15(18-2)10-6-13/h3-11H,1-2H3. The molecule has 0 bridgehead atoms. The van der Waals surface area contributed by atoms with E-state index in [0.717, 1.165) is 21.3 Å². The second kappa shape index (κ2) is 6.86. The number of ether oxygens (including phenoxy) is 2. The van der Waals surface area contributed by atoms with Crippen LogP contribution in [0.2, 0.25) is 0 Å². The number of thiocarbonyl (C=S) groups is 1. The zero-order valence-electron chi connectivity index (χ0n) is 11.3. The third-order valence-corrected chi connectivity index (χ3v) is 3.81. The summed E-state index contributed by atoms with van der Waals surface area (Å²) in [7, 11) is 1.64. The molecule has 0 saturated carbocycles. The van der Waals surface area contributed by atoms with Crippen LogP contribution in [0.25, 0.3) is 0 Å². The Labute approximate surface area is 132 Å². The van der Waals surface area contributed by atoms with Crippen LogP contribution < -0.4 is 4.74 Å². The average Bonchev–Trinajstić information content (AvgIpc) is 2.48. The number of halogens is 1. The van der Waals surface area contributed by atoms with Gasteiger partial charge in [-0.2, -0.15) is 0 Å². The van der Waals surface area contributed by atoms with Gasteiger partial charge in [0, 0.05) is 10.0 Å². The summed E-state index contributed by atoms with van der Waals surface area (Å²) < 4.78 is 12.0. The molecule has 0 aliphatic carbocycles. The van der Waals surface area contributed by atoms with E-state index in [0.29, 0.717) is 5.05 Å². The monoisotopic (exact) mass is 350 g/mol. The average molecular weight is 351 g/mol. The number of benzene rings is 2. The fourth-order valence-electron chi connectivity index (χ4n) is 1.76. The minimum absolute atomic E-state index is 0.0855. The van der Waals surface area contributed by atoms with E-state index >= 15 is 0 Å². The molecule has 0 fully saturated rings. The lowest BCUT2D eigenvalue weighted by Crippen LogP contribution is -2.08. The zero-order valence-corrected chi connectivity index (χ0v) is 13.7. The molecule has 2 aromatic rings. The first-order chi connectivity index (χ1) is 9.60. The highest BCUT2D eigenvalue weighted by Crippen LogP contribution is 2.22. The Kier molecular flexibility index (Phi) is 5.15. The van der Waals surface area contributed by atoms with Gasteiger partial charge in [-0.25, -0.2) is 0 Å². The second-order valence-electron chi connectivity index (χ2n) is 4.33. The SMILES string of the molecule is COc1ccc(C(=S)OC(C)c2ccc(Br)cc2)cc1. The van der Waals surface area contributed by atoms with Crippen LogP contribution in [0.3, 0.4) is 0 Å². The predicted molar refractivity (Wildman–Crippen MR) is 88.3 cm³/mol. The third kappa shape index (κ3) is 3.81. The minimum Gasteiger partial charge on any atom is -0.497 e.